The van der Waals surface area contributed by atoms with E-state index in [0.29, 0.717) is 45.8 Å². The molecule has 1 aliphatic rings. The van der Waals surface area contributed by atoms with Gasteiger partial charge in [-0.15, -0.1) is 0 Å². The SMILES string of the molecule is COc1cc(OC)c2c(c1)C(=O)c1cc(CCN(C(C)C)C(C)C)ccc1C2=O. The molecule has 1 aliphatic carbocycles. The van der Waals surface area contributed by atoms with Crippen LogP contribution in [0.15, 0.2) is 30.3 Å². The molecule has 0 N–H and O–H groups in total. The Kier molecular flexibility index (Phi) is 6.08. The summed E-state index contributed by atoms with van der Waals surface area (Å²) in [6.45, 7) is 9.65. The van der Waals surface area contributed by atoms with Crippen LogP contribution in [0, 0.1) is 0 Å². The van der Waals surface area contributed by atoms with Crippen LogP contribution in [-0.2, 0) is 6.42 Å². The molecule has 3 rings (SSSR count). The van der Waals surface area contributed by atoms with Crippen LogP contribution < -0.4 is 9.47 Å². The van der Waals surface area contributed by atoms with Gasteiger partial charge in [0, 0.05) is 41.4 Å². The number of hydrogen-bond acceptors (Lipinski definition) is 5. The lowest BCUT2D eigenvalue weighted by Crippen LogP contribution is -2.38. The van der Waals surface area contributed by atoms with Gasteiger partial charge in [-0.1, -0.05) is 12.1 Å². The summed E-state index contributed by atoms with van der Waals surface area (Å²) in [6, 6.07) is 9.73. The van der Waals surface area contributed by atoms with Crippen molar-refractivity contribution in [2.24, 2.45) is 0 Å². The first-order valence-electron chi connectivity index (χ1n) is 10.0. The van der Waals surface area contributed by atoms with E-state index >= 15 is 0 Å². The van der Waals surface area contributed by atoms with Crippen molar-refractivity contribution >= 4 is 11.6 Å². The molecule has 29 heavy (non-hydrogen) atoms. The number of rotatable bonds is 7. The molecule has 0 saturated carbocycles. The Morgan fingerprint density at radius 1 is 0.828 bits per heavy atom. The van der Waals surface area contributed by atoms with Gasteiger partial charge < -0.3 is 9.47 Å². The zero-order chi connectivity index (χ0) is 21.3. The standard InChI is InChI=1S/C24H29NO4/c1-14(2)25(15(3)4)10-9-16-7-8-18-19(11-16)23(26)20-12-17(28-5)13-21(29-6)22(20)24(18)27/h7-8,11-15H,9-10H2,1-6H3. The highest BCUT2D eigenvalue weighted by atomic mass is 16.5. The summed E-state index contributed by atoms with van der Waals surface area (Å²) in [5.41, 5.74) is 2.58. The lowest BCUT2D eigenvalue weighted by atomic mass is 9.82. The molecule has 0 bridgehead atoms. The molecule has 0 spiro atoms. The number of hydrogen-bond donors (Lipinski definition) is 0. The Balaban J connectivity index is 1.97. The van der Waals surface area contributed by atoms with Crippen molar-refractivity contribution in [3.63, 3.8) is 0 Å². The maximum atomic E-state index is 13.2. The van der Waals surface area contributed by atoms with Crippen LogP contribution in [0.1, 0.15) is 65.1 Å². The van der Waals surface area contributed by atoms with Gasteiger partial charge in [-0.25, -0.2) is 0 Å². The second-order valence-electron chi connectivity index (χ2n) is 7.97. The smallest absolute Gasteiger partial charge is 0.198 e. The number of ether oxygens (including phenoxy) is 2. The largest absolute Gasteiger partial charge is 0.497 e. The molecule has 0 aromatic heterocycles. The van der Waals surface area contributed by atoms with Crippen LogP contribution in [0.5, 0.6) is 11.5 Å². The van der Waals surface area contributed by atoms with Gasteiger partial charge in [0.2, 0.25) is 0 Å². The van der Waals surface area contributed by atoms with E-state index in [1.165, 1.54) is 14.2 Å². The van der Waals surface area contributed by atoms with Crippen LogP contribution in [-0.4, -0.2) is 49.3 Å². The maximum absolute atomic E-state index is 13.2. The molecule has 154 valence electrons. The molecule has 0 saturated heterocycles. The Labute approximate surface area is 172 Å². The first-order valence-corrected chi connectivity index (χ1v) is 10.0. The summed E-state index contributed by atoms with van der Waals surface area (Å²) in [5.74, 6) is 0.493. The van der Waals surface area contributed by atoms with Crippen molar-refractivity contribution in [1.29, 1.82) is 0 Å². The first-order chi connectivity index (χ1) is 13.8. The van der Waals surface area contributed by atoms with Gasteiger partial charge in [0.1, 0.15) is 11.5 Å². The lowest BCUT2D eigenvalue weighted by Gasteiger charge is -2.30. The molecule has 5 heteroatoms. The average molecular weight is 395 g/mol. The molecule has 0 aliphatic heterocycles. The molecule has 2 aromatic rings. The van der Waals surface area contributed by atoms with Crippen LogP contribution in [0.4, 0.5) is 0 Å². The highest BCUT2D eigenvalue weighted by Crippen LogP contribution is 2.36. The van der Waals surface area contributed by atoms with Gasteiger partial charge in [-0.2, -0.15) is 0 Å². The van der Waals surface area contributed by atoms with Gasteiger partial charge in [0.25, 0.3) is 0 Å². The fourth-order valence-corrected chi connectivity index (χ4v) is 4.07. The van der Waals surface area contributed by atoms with E-state index in [0.717, 1.165) is 18.5 Å². The average Bonchev–Trinajstić information content (AvgIpc) is 2.70. The van der Waals surface area contributed by atoms with Crippen molar-refractivity contribution in [1.82, 2.24) is 4.90 Å². The predicted octanol–water partition coefficient (Wildman–Crippen LogP) is 4.14. The summed E-state index contributed by atoms with van der Waals surface area (Å²) in [6.07, 6.45) is 0.819. The number of ketones is 2. The Hall–Kier alpha value is -2.66. The third-order valence-electron chi connectivity index (χ3n) is 5.56. The van der Waals surface area contributed by atoms with E-state index in [4.69, 9.17) is 9.47 Å². The van der Waals surface area contributed by atoms with Crippen molar-refractivity contribution in [3.8, 4) is 11.5 Å². The normalized spacial score (nSPS) is 13.1. The van der Waals surface area contributed by atoms with Crippen LogP contribution in [0.25, 0.3) is 0 Å². The van der Waals surface area contributed by atoms with E-state index in [1.54, 1.807) is 18.2 Å². The van der Waals surface area contributed by atoms with Crippen LogP contribution >= 0.6 is 0 Å². The third-order valence-corrected chi connectivity index (χ3v) is 5.56. The highest BCUT2D eigenvalue weighted by Gasteiger charge is 2.33. The summed E-state index contributed by atoms with van der Waals surface area (Å²) in [7, 11) is 3.01. The summed E-state index contributed by atoms with van der Waals surface area (Å²) < 4.78 is 10.6. The maximum Gasteiger partial charge on any atom is 0.198 e. The zero-order valence-electron chi connectivity index (χ0n) is 18.0. The monoisotopic (exact) mass is 395 g/mol. The molecule has 0 radical (unpaired) electrons. The number of nitrogens with zero attached hydrogens (tertiary/aromatic N) is 1. The summed E-state index contributed by atoms with van der Waals surface area (Å²) in [4.78, 5) is 28.7. The van der Waals surface area contributed by atoms with E-state index < -0.39 is 0 Å². The molecular weight excluding hydrogens is 366 g/mol. The number of methoxy groups -OCH3 is 2. The highest BCUT2D eigenvalue weighted by molar-refractivity contribution is 6.29. The molecule has 5 nitrogen and oxygen atoms in total. The Bertz CT molecular complexity index is 938. The van der Waals surface area contributed by atoms with Gasteiger partial charge in [-0.05, 0) is 51.8 Å². The number of benzene rings is 2. The van der Waals surface area contributed by atoms with Crippen molar-refractivity contribution in [2.45, 2.75) is 46.2 Å². The van der Waals surface area contributed by atoms with Crippen molar-refractivity contribution in [2.75, 3.05) is 20.8 Å². The molecule has 0 unspecified atom stereocenters. The van der Waals surface area contributed by atoms with Gasteiger partial charge in [-0.3, -0.25) is 14.5 Å². The number of carbonyl (C=O) groups is 2. The molecule has 2 aromatic carbocycles. The quantitative estimate of drug-likeness (QED) is 0.602. The van der Waals surface area contributed by atoms with Gasteiger partial charge in [0.15, 0.2) is 11.6 Å². The van der Waals surface area contributed by atoms with Crippen molar-refractivity contribution in [3.05, 3.63) is 58.1 Å². The van der Waals surface area contributed by atoms with E-state index in [2.05, 4.69) is 32.6 Å². The van der Waals surface area contributed by atoms with Gasteiger partial charge in [0.05, 0.1) is 19.8 Å². The summed E-state index contributed by atoms with van der Waals surface area (Å²) >= 11 is 0. The van der Waals surface area contributed by atoms with E-state index in [-0.39, 0.29) is 11.6 Å². The zero-order valence-corrected chi connectivity index (χ0v) is 18.0. The number of carbonyl (C=O) groups excluding carboxylic acids is 2. The first kappa shape index (κ1) is 21.1. The summed E-state index contributed by atoms with van der Waals surface area (Å²) in [5, 5.41) is 0. The minimum atomic E-state index is -0.188. The minimum absolute atomic E-state index is 0.168. The topological polar surface area (TPSA) is 55.8 Å². The molecular formula is C24H29NO4. The molecule has 0 atom stereocenters. The van der Waals surface area contributed by atoms with Crippen molar-refractivity contribution < 1.29 is 19.1 Å². The Morgan fingerprint density at radius 3 is 2.10 bits per heavy atom. The fourth-order valence-electron chi connectivity index (χ4n) is 4.07. The van der Waals surface area contributed by atoms with E-state index in [1.807, 2.05) is 12.1 Å². The number of fused-ring (bicyclic) bond motifs is 2. The predicted molar refractivity (Wildman–Crippen MR) is 114 cm³/mol. The molecule has 0 heterocycles. The molecule has 0 fully saturated rings. The van der Waals surface area contributed by atoms with Crippen LogP contribution in [0.2, 0.25) is 0 Å². The fraction of sp³-hybridized carbons (Fsp3) is 0.417. The Morgan fingerprint density at radius 2 is 1.52 bits per heavy atom. The van der Waals surface area contributed by atoms with Gasteiger partial charge >= 0.3 is 0 Å². The minimum Gasteiger partial charge on any atom is -0.497 e. The second-order valence-corrected chi connectivity index (χ2v) is 7.97. The third kappa shape index (κ3) is 3.92. The second kappa shape index (κ2) is 8.37. The lowest BCUT2D eigenvalue weighted by molar-refractivity contribution is 0.0976. The van der Waals surface area contributed by atoms with Crippen LogP contribution in [0.3, 0.4) is 0 Å². The van der Waals surface area contributed by atoms with E-state index in [9.17, 15) is 9.59 Å². The molecule has 0 amide bonds.